The SMILES string of the molecule is Cc1cccc(OCCN2C(=O)S/C(=C\c3c(OCc4ccccc4)ccc4ccccc34)C2=O)c1. The second-order valence-electron chi connectivity index (χ2n) is 8.47. The van der Waals surface area contributed by atoms with Crippen molar-refractivity contribution in [2.24, 2.45) is 0 Å². The first-order valence-corrected chi connectivity index (χ1v) is 12.5. The van der Waals surface area contributed by atoms with Gasteiger partial charge in [-0.1, -0.05) is 72.8 Å². The molecule has 0 aliphatic carbocycles. The zero-order valence-corrected chi connectivity index (χ0v) is 20.7. The summed E-state index contributed by atoms with van der Waals surface area (Å²) in [6.45, 7) is 2.80. The maximum atomic E-state index is 13.2. The molecular formula is C30H25NO4S. The molecule has 1 aliphatic heterocycles. The van der Waals surface area contributed by atoms with Crippen LogP contribution in [0.5, 0.6) is 11.5 Å². The Morgan fingerprint density at radius 3 is 2.50 bits per heavy atom. The van der Waals surface area contributed by atoms with Gasteiger partial charge >= 0.3 is 0 Å². The second kappa shape index (κ2) is 10.7. The van der Waals surface area contributed by atoms with Crippen LogP contribution in [0.2, 0.25) is 0 Å². The molecule has 0 spiro atoms. The largest absolute Gasteiger partial charge is 0.492 e. The quantitative estimate of drug-likeness (QED) is 0.251. The van der Waals surface area contributed by atoms with Gasteiger partial charge in [0.2, 0.25) is 0 Å². The van der Waals surface area contributed by atoms with Crippen LogP contribution in [0.4, 0.5) is 4.79 Å². The van der Waals surface area contributed by atoms with Gasteiger partial charge in [-0.05, 0) is 64.9 Å². The third-order valence-corrected chi connectivity index (χ3v) is 6.80. The standard InChI is InChI=1S/C30H25NO4S/c1-21-8-7-12-24(18-21)34-17-16-31-29(32)28(36-30(31)33)19-26-25-13-6-5-11-23(25)14-15-27(26)35-20-22-9-3-2-4-10-22/h2-15,18-19H,16-17,20H2,1H3/b28-19-. The number of thioether (sulfide) groups is 1. The Morgan fingerprint density at radius 1 is 0.861 bits per heavy atom. The third-order valence-electron chi connectivity index (χ3n) is 5.89. The summed E-state index contributed by atoms with van der Waals surface area (Å²) in [4.78, 5) is 27.5. The van der Waals surface area contributed by atoms with Crippen molar-refractivity contribution in [1.29, 1.82) is 0 Å². The summed E-state index contributed by atoms with van der Waals surface area (Å²) in [6.07, 6.45) is 1.77. The molecule has 0 saturated carbocycles. The molecule has 4 aromatic carbocycles. The summed E-state index contributed by atoms with van der Waals surface area (Å²) in [7, 11) is 0. The van der Waals surface area contributed by atoms with Crippen LogP contribution in [0.25, 0.3) is 16.8 Å². The lowest BCUT2D eigenvalue weighted by Crippen LogP contribution is -2.32. The molecule has 5 rings (SSSR count). The number of carbonyl (C=O) groups excluding carboxylic acids is 2. The van der Waals surface area contributed by atoms with E-state index in [9.17, 15) is 9.59 Å². The molecule has 1 heterocycles. The minimum Gasteiger partial charge on any atom is -0.492 e. The normalized spacial score (nSPS) is 14.6. The van der Waals surface area contributed by atoms with E-state index >= 15 is 0 Å². The highest BCUT2D eigenvalue weighted by Gasteiger charge is 2.35. The van der Waals surface area contributed by atoms with E-state index in [2.05, 4.69) is 0 Å². The second-order valence-corrected chi connectivity index (χ2v) is 9.46. The molecule has 0 atom stereocenters. The lowest BCUT2D eigenvalue weighted by atomic mass is 10.0. The predicted octanol–water partition coefficient (Wildman–Crippen LogP) is 6.84. The van der Waals surface area contributed by atoms with Crippen LogP contribution in [0, 0.1) is 6.92 Å². The Balaban J connectivity index is 1.37. The zero-order valence-electron chi connectivity index (χ0n) is 19.8. The third kappa shape index (κ3) is 5.29. The van der Waals surface area contributed by atoms with Gasteiger partial charge in [0.05, 0.1) is 11.4 Å². The topological polar surface area (TPSA) is 55.8 Å². The number of hydrogen-bond acceptors (Lipinski definition) is 5. The molecule has 1 saturated heterocycles. The van der Waals surface area contributed by atoms with E-state index in [4.69, 9.17) is 9.47 Å². The van der Waals surface area contributed by atoms with E-state index in [0.717, 1.165) is 39.2 Å². The van der Waals surface area contributed by atoms with Crippen molar-refractivity contribution >= 4 is 39.8 Å². The number of rotatable bonds is 8. The Morgan fingerprint density at radius 2 is 1.67 bits per heavy atom. The molecule has 180 valence electrons. The number of hydrogen-bond donors (Lipinski definition) is 0. The van der Waals surface area contributed by atoms with Gasteiger partial charge in [-0.15, -0.1) is 0 Å². The summed E-state index contributed by atoms with van der Waals surface area (Å²) in [5.74, 6) is 1.06. The zero-order chi connectivity index (χ0) is 24.9. The smallest absolute Gasteiger partial charge is 0.293 e. The molecule has 0 radical (unpaired) electrons. The van der Waals surface area contributed by atoms with Crippen LogP contribution in [0.15, 0.2) is 95.9 Å². The van der Waals surface area contributed by atoms with Crippen molar-refractivity contribution in [3.05, 3.63) is 113 Å². The van der Waals surface area contributed by atoms with E-state index in [-0.39, 0.29) is 24.3 Å². The van der Waals surface area contributed by atoms with Crippen LogP contribution in [0.3, 0.4) is 0 Å². The number of ether oxygens (including phenoxy) is 2. The van der Waals surface area contributed by atoms with E-state index < -0.39 is 0 Å². The fraction of sp³-hybridized carbons (Fsp3) is 0.133. The van der Waals surface area contributed by atoms with Gasteiger partial charge in [-0.25, -0.2) is 0 Å². The molecule has 6 heteroatoms. The van der Waals surface area contributed by atoms with Crippen LogP contribution in [0.1, 0.15) is 16.7 Å². The Kier molecular flexibility index (Phi) is 7.05. The summed E-state index contributed by atoms with van der Waals surface area (Å²) >= 11 is 0.944. The molecule has 2 amide bonds. The number of benzene rings is 4. The Labute approximate surface area is 214 Å². The van der Waals surface area contributed by atoms with Crippen molar-refractivity contribution in [1.82, 2.24) is 4.90 Å². The highest BCUT2D eigenvalue weighted by atomic mass is 32.2. The Bertz CT molecular complexity index is 1450. The molecule has 36 heavy (non-hydrogen) atoms. The van der Waals surface area contributed by atoms with Crippen LogP contribution in [-0.2, 0) is 11.4 Å². The molecule has 1 aliphatic rings. The summed E-state index contributed by atoms with van der Waals surface area (Å²) in [5.41, 5.74) is 2.91. The number of nitrogens with zero attached hydrogens (tertiary/aromatic N) is 1. The van der Waals surface area contributed by atoms with Crippen molar-refractivity contribution < 1.29 is 19.1 Å². The number of imide groups is 1. The van der Waals surface area contributed by atoms with Crippen molar-refractivity contribution in [3.8, 4) is 11.5 Å². The summed E-state index contributed by atoms with van der Waals surface area (Å²) in [6, 6.07) is 29.4. The fourth-order valence-electron chi connectivity index (χ4n) is 4.07. The van der Waals surface area contributed by atoms with E-state index in [1.165, 1.54) is 4.90 Å². The van der Waals surface area contributed by atoms with E-state index in [1.54, 1.807) is 6.08 Å². The molecule has 1 fully saturated rings. The molecule has 4 aromatic rings. The first kappa shape index (κ1) is 23.7. The molecule has 0 aromatic heterocycles. The summed E-state index contributed by atoms with van der Waals surface area (Å²) in [5, 5.41) is 1.69. The maximum Gasteiger partial charge on any atom is 0.293 e. The molecular weight excluding hydrogens is 470 g/mol. The molecule has 5 nitrogen and oxygen atoms in total. The minimum absolute atomic E-state index is 0.183. The van der Waals surface area contributed by atoms with Gasteiger partial charge in [0.15, 0.2) is 0 Å². The van der Waals surface area contributed by atoms with Crippen LogP contribution < -0.4 is 9.47 Å². The number of amides is 2. The molecule has 0 N–H and O–H groups in total. The van der Waals surface area contributed by atoms with Crippen LogP contribution >= 0.6 is 11.8 Å². The number of aryl methyl sites for hydroxylation is 1. The van der Waals surface area contributed by atoms with E-state index in [1.807, 2.05) is 97.9 Å². The van der Waals surface area contributed by atoms with Gasteiger partial charge in [0.25, 0.3) is 11.1 Å². The first-order valence-electron chi connectivity index (χ1n) is 11.7. The summed E-state index contributed by atoms with van der Waals surface area (Å²) < 4.78 is 11.9. The van der Waals surface area contributed by atoms with Crippen molar-refractivity contribution in [2.75, 3.05) is 13.2 Å². The van der Waals surface area contributed by atoms with Gasteiger partial charge in [0.1, 0.15) is 24.7 Å². The number of carbonyl (C=O) groups is 2. The highest BCUT2D eigenvalue weighted by Crippen LogP contribution is 2.37. The minimum atomic E-state index is -0.320. The maximum absolute atomic E-state index is 13.2. The van der Waals surface area contributed by atoms with E-state index in [0.29, 0.717) is 23.0 Å². The fourth-order valence-corrected chi connectivity index (χ4v) is 4.92. The predicted molar refractivity (Wildman–Crippen MR) is 144 cm³/mol. The lowest BCUT2D eigenvalue weighted by molar-refractivity contribution is -0.123. The number of fused-ring (bicyclic) bond motifs is 1. The highest BCUT2D eigenvalue weighted by molar-refractivity contribution is 8.18. The van der Waals surface area contributed by atoms with Crippen LogP contribution in [-0.4, -0.2) is 29.2 Å². The van der Waals surface area contributed by atoms with Crippen molar-refractivity contribution in [2.45, 2.75) is 13.5 Å². The average molecular weight is 496 g/mol. The lowest BCUT2D eigenvalue weighted by Gasteiger charge is -2.14. The van der Waals surface area contributed by atoms with Gasteiger partial charge in [-0.2, -0.15) is 0 Å². The van der Waals surface area contributed by atoms with Gasteiger partial charge in [0, 0.05) is 5.56 Å². The molecule has 0 unspecified atom stereocenters. The first-order chi connectivity index (χ1) is 17.6. The Hall–Kier alpha value is -4.03. The monoisotopic (exact) mass is 495 g/mol. The molecule has 0 bridgehead atoms. The van der Waals surface area contributed by atoms with Gasteiger partial charge < -0.3 is 9.47 Å². The van der Waals surface area contributed by atoms with Crippen molar-refractivity contribution in [3.63, 3.8) is 0 Å². The average Bonchev–Trinajstić information content (AvgIpc) is 3.16. The van der Waals surface area contributed by atoms with Gasteiger partial charge in [-0.3, -0.25) is 14.5 Å².